The Morgan fingerprint density at radius 3 is 2.88 bits per heavy atom. The molecule has 17 heavy (non-hydrogen) atoms. The Labute approximate surface area is 101 Å². The van der Waals surface area contributed by atoms with Gasteiger partial charge in [0.25, 0.3) is 5.91 Å². The lowest BCUT2D eigenvalue weighted by Gasteiger charge is -2.22. The normalized spacial score (nSPS) is 24.4. The molecule has 0 aromatic heterocycles. The van der Waals surface area contributed by atoms with E-state index in [1.165, 1.54) is 5.06 Å². The van der Waals surface area contributed by atoms with Crippen molar-refractivity contribution in [1.29, 1.82) is 0 Å². The van der Waals surface area contributed by atoms with Crippen molar-refractivity contribution in [1.82, 2.24) is 0 Å². The molecule has 4 nitrogen and oxygen atoms in total. The zero-order valence-electron chi connectivity index (χ0n) is 10.1. The van der Waals surface area contributed by atoms with Crippen molar-refractivity contribution in [2.75, 3.05) is 5.06 Å². The lowest BCUT2D eigenvalue weighted by atomic mass is 10.0. The maximum absolute atomic E-state index is 11.9. The van der Waals surface area contributed by atoms with Gasteiger partial charge in [0.2, 0.25) is 0 Å². The molecule has 1 heterocycles. The van der Waals surface area contributed by atoms with Crippen LogP contribution in [0.1, 0.15) is 32.3 Å². The van der Waals surface area contributed by atoms with Crippen LogP contribution >= 0.6 is 0 Å². The van der Waals surface area contributed by atoms with Gasteiger partial charge in [0.05, 0.1) is 18.7 Å². The van der Waals surface area contributed by atoms with Gasteiger partial charge in [-0.3, -0.25) is 9.63 Å². The van der Waals surface area contributed by atoms with Gasteiger partial charge in [-0.1, -0.05) is 19.1 Å². The Bertz CT molecular complexity index is 432. The summed E-state index contributed by atoms with van der Waals surface area (Å²) in [5, 5.41) is 10.4. The van der Waals surface area contributed by atoms with Crippen LogP contribution in [0.5, 0.6) is 0 Å². The molecule has 1 unspecified atom stereocenters. The summed E-state index contributed by atoms with van der Waals surface area (Å²) >= 11 is 0. The number of aliphatic hydroxyl groups is 1. The van der Waals surface area contributed by atoms with Gasteiger partial charge in [-0.2, -0.15) is 5.06 Å². The number of carbonyl (C=O) groups is 1. The molecule has 1 amide bonds. The molecule has 0 aliphatic carbocycles. The number of carbonyl (C=O) groups excluding carboxylic acids is 1. The van der Waals surface area contributed by atoms with Crippen molar-refractivity contribution in [3.63, 3.8) is 0 Å². The minimum absolute atomic E-state index is 0.0376. The SMILES string of the molecule is CCC1(C)CC(=O)N(c2cccc(CO)c2)O1. The van der Waals surface area contributed by atoms with Crippen LogP contribution in [0.3, 0.4) is 0 Å². The summed E-state index contributed by atoms with van der Waals surface area (Å²) in [6, 6.07) is 7.18. The molecule has 1 aromatic rings. The van der Waals surface area contributed by atoms with E-state index in [1.54, 1.807) is 18.2 Å². The third-order valence-corrected chi connectivity index (χ3v) is 3.14. The predicted molar refractivity (Wildman–Crippen MR) is 64.2 cm³/mol. The molecule has 1 atom stereocenters. The standard InChI is InChI=1S/C13H17NO3/c1-3-13(2)8-12(16)14(17-13)11-6-4-5-10(7-11)9-15/h4-7,15H,3,8-9H2,1-2H3. The summed E-state index contributed by atoms with van der Waals surface area (Å²) in [7, 11) is 0. The van der Waals surface area contributed by atoms with E-state index >= 15 is 0 Å². The van der Waals surface area contributed by atoms with E-state index in [0.717, 1.165) is 12.0 Å². The second-order valence-electron chi connectivity index (χ2n) is 4.59. The monoisotopic (exact) mass is 235 g/mol. The number of hydrogen-bond donors (Lipinski definition) is 1. The Hall–Kier alpha value is -1.39. The van der Waals surface area contributed by atoms with E-state index in [0.29, 0.717) is 12.1 Å². The number of hydroxylamine groups is 1. The minimum Gasteiger partial charge on any atom is -0.392 e. The Balaban J connectivity index is 2.25. The summed E-state index contributed by atoms with van der Waals surface area (Å²) < 4.78 is 0. The highest BCUT2D eigenvalue weighted by atomic mass is 16.7. The Kier molecular flexibility index (Phi) is 3.17. The lowest BCUT2D eigenvalue weighted by Crippen LogP contribution is -2.27. The predicted octanol–water partition coefficient (Wildman–Crippen LogP) is 2.02. The highest BCUT2D eigenvalue weighted by Gasteiger charge is 2.40. The second-order valence-corrected chi connectivity index (χ2v) is 4.59. The number of anilines is 1. The molecule has 1 saturated heterocycles. The van der Waals surface area contributed by atoms with Crippen molar-refractivity contribution in [3.8, 4) is 0 Å². The molecule has 1 aliphatic rings. The summed E-state index contributed by atoms with van der Waals surface area (Å²) in [5.41, 5.74) is 1.04. The first kappa shape index (κ1) is 12.1. The average molecular weight is 235 g/mol. The van der Waals surface area contributed by atoms with Crippen LogP contribution in [0.15, 0.2) is 24.3 Å². The summed E-state index contributed by atoms with van der Waals surface area (Å²) in [5.74, 6) is -0.0376. The van der Waals surface area contributed by atoms with Crippen molar-refractivity contribution in [3.05, 3.63) is 29.8 Å². The first-order valence-corrected chi connectivity index (χ1v) is 5.80. The second kappa shape index (κ2) is 4.47. The molecule has 92 valence electrons. The van der Waals surface area contributed by atoms with Gasteiger partial charge in [0, 0.05) is 0 Å². The van der Waals surface area contributed by atoms with Crippen LogP contribution in [-0.2, 0) is 16.2 Å². The van der Waals surface area contributed by atoms with Gasteiger partial charge in [0.1, 0.15) is 5.60 Å². The topological polar surface area (TPSA) is 49.8 Å². The van der Waals surface area contributed by atoms with Gasteiger partial charge < -0.3 is 5.11 Å². The van der Waals surface area contributed by atoms with Gasteiger partial charge >= 0.3 is 0 Å². The number of aliphatic hydroxyl groups excluding tert-OH is 1. The van der Waals surface area contributed by atoms with Gasteiger partial charge in [-0.25, -0.2) is 0 Å². The van der Waals surface area contributed by atoms with Crippen LogP contribution in [0.25, 0.3) is 0 Å². The van der Waals surface area contributed by atoms with E-state index in [-0.39, 0.29) is 12.5 Å². The highest BCUT2D eigenvalue weighted by Crippen LogP contribution is 2.33. The van der Waals surface area contributed by atoms with Gasteiger partial charge in [0.15, 0.2) is 0 Å². The minimum atomic E-state index is -0.410. The van der Waals surface area contributed by atoms with Crippen molar-refractivity contribution in [2.45, 2.75) is 38.9 Å². The molecular formula is C13H17NO3. The summed E-state index contributed by atoms with van der Waals surface area (Å²) in [6.07, 6.45) is 1.18. The molecule has 1 aromatic carbocycles. The van der Waals surface area contributed by atoms with Crippen LogP contribution in [-0.4, -0.2) is 16.6 Å². The van der Waals surface area contributed by atoms with Crippen molar-refractivity contribution in [2.24, 2.45) is 0 Å². The molecule has 1 aliphatic heterocycles. The van der Waals surface area contributed by atoms with Crippen LogP contribution < -0.4 is 5.06 Å². The maximum atomic E-state index is 11.9. The molecule has 1 N–H and O–H groups in total. The Morgan fingerprint density at radius 1 is 1.53 bits per heavy atom. The average Bonchev–Trinajstić information content (AvgIpc) is 2.66. The quantitative estimate of drug-likeness (QED) is 0.872. The van der Waals surface area contributed by atoms with E-state index in [4.69, 9.17) is 9.94 Å². The van der Waals surface area contributed by atoms with Crippen molar-refractivity contribution >= 4 is 11.6 Å². The van der Waals surface area contributed by atoms with E-state index < -0.39 is 5.60 Å². The van der Waals surface area contributed by atoms with Crippen LogP contribution in [0, 0.1) is 0 Å². The van der Waals surface area contributed by atoms with Crippen molar-refractivity contribution < 1.29 is 14.7 Å². The fourth-order valence-corrected chi connectivity index (χ4v) is 1.86. The molecule has 0 radical (unpaired) electrons. The fraction of sp³-hybridized carbons (Fsp3) is 0.462. The molecule has 0 spiro atoms. The van der Waals surface area contributed by atoms with Gasteiger partial charge in [-0.05, 0) is 31.0 Å². The zero-order valence-corrected chi connectivity index (χ0v) is 10.1. The van der Waals surface area contributed by atoms with Gasteiger partial charge in [-0.15, -0.1) is 0 Å². The number of hydrogen-bond acceptors (Lipinski definition) is 3. The first-order valence-electron chi connectivity index (χ1n) is 5.80. The molecule has 4 heteroatoms. The lowest BCUT2D eigenvalue weighted by molar-refractivity contribution is -0.119. The fourth-order valence-electron chi connectivity index (χ4n) is 1.86. The number of nitrogens with zero attached hydrogens (tertiary/aromatic N) is 1. The largest absolute Gasteiger partial charge is 0.392 e. The number of benzene rings is 1. The van der Waals surface area contributed by atoms with Crippen LogP contribution in [0.4, 0.5) is 5.69 Å². The summed E-state index contributed by atoms with van der Waals surface area (Å²) in [6.45, 7) is 3.89. The molecule has 2 rings (SSSR count). The van der Waals surface area contributed by atoms with E-state index in [9.17, 15) is 4.79 Å². The van der Waals surface area contributed by atoms with E-state index in [1.807, 2.05) is 19.9 Å². The number of rotatable bonds is 3. The molecule has 0 saturated carbocycles. The zero-order chi connectivity index (χ0) is 12.5. The van der Waals surface area contributed by atoms with Crippen LogP contribution in [0.2, 0.25) is 0 Å². The molecular weight excluding hydrogens is 218 g/mol. The Morgan fingerprint density at radius 2 is 2.29 bits per heavy atom. The maximum Gasteiger partial charge on any atom is 0.253 e. The first-order chi connectivity index (χ1) is 8.08. The highest BCUT2D eigenvalue weighted by molar-refractivity contribution is 5.93. The number of amides is 1. The molecule has 1 fully saturated rings. The third kappa shape index (κ3) is 2.33. The smallest absolute Gasteiger partial charge is 0.253 e. The third-order valence-electron chi connectivity index (χ3n) is 3.14. The summed E-state index contributed by atoms with van der Waals surface area (Å²) in [4.78, 5) is 17.6. The van der Waals surface area contributed by atoms with E-state index in [2.05, 4.69) is 0 Å². The molecule has 0 bridgehead atoms.